The molecule has 10 heteroatoms. The first-order valence-corrected chi connectivity index (χ1v) is 15.6. The quantitative estimate of drug-likeness (QED) is 0.327. The summed E-state index contributed by atoms with van der Waals surface area (Å²) in [6.45, 7) is 2.20. The molecule has 4 aromatic rings. The summed E-state index contributed by atoms with van der Waals surface area (Å²) in [7, 11) is -3.65. The average Bonchev–Trinajstić information content (AvgIpc) is 3.41. The number of carbonyl (C=O) groups is 2. The lowest BCUT2D eigenvalue weighted by Gasteiger charge is -2.33. The van der Waals surface area contributed by atoms with Gasteiger partial charge in [-0.3, -0.25) is 4.79 Å². The largest absolute Gasteiger partial charge is 0.508 e. The van der Waals surface area contributed by atoms with Crippen LogP contribution in [0.4, 0.5) is 0 Å². The molecule has 9 nitrogen and oxygen atoms in total. The molecule has 2 heterocycles. The number of para-hydroxylation sites is 1. The molecule has 0 spiro atoms. The third-order valence-electron chi connectivity index (χ3n) is 7.96. The molecule has 1 aliphatic carbocycles. The average molecular weight is 598 g/mol. The fraction of sp³-hybridized carbons (Fsp3) is 0.242. The van der Waals surface area contributed by atoms with E-state index in [0.29, 0.717) is 29.3 Å². The Kier molecular flexibility index (Phi) is 7.72. The van der Waals surface area contributed by atoms with Gasteiger partial charge in [-0.05, 0) is 72.9 Å². The van der Waals surface area contributed by atoms with Crippen molar-refractivity contribution in [3.63, 3.8) is 0 Å². The van der Waals surface area contributed by atoms with Crippen molar-refractivity contribution < 1.29 is 27.9 Å². The van der Waals surface area contributed by atoms with Crippen LogP contribution in [0.25, 0.3) is 22.6 Å². The monoisotopic (exact) mass is 597 g/mol. The number of allylic oxidation sites excluding steroid dienone is 1. The summed E-state index contributed by atoms with van der Waals surface area (Å²) in [5.74, 6) is -0.773. The van der Waals surface area contributed by atoms with E-state index in [2.05, 4.69) is 0 Å². The molecule has 6 rings (SSSR count). The Balaban J connectivity index is 1.16. The van der Waals surface area contributed by atoms with Crippen molar-refractivity contribution in [3.8, 4) is 5.75 Å². The van der Waals surface area contributed by atoms with Crippen molar-refractivity contribution in [2.24, 2.45) is 0 Å². The number of benzene rings is 3. The number of aromatic hydroxyl groups is 1. The van der Waals surface area contributed by atoms with Gasteiger partial charge in [-0.25, -0.2) is 18.2 Å². The second kappa shape index (κ2) is 11.6. The number of aromatic nitrogens is 1. The molecule has 1 saturated heterocycles. The lowest BCUT2D eigenvalue weighted by Crippen LogP contribution is -2.51. The third kappa shape index (κ3) is 5.76. The number of carbonyl (C=O) groups excluding carboxylic acids is 2. The maximum Gasteiger partial charge on any atom is 0.339 e. The molecule has 2 aliphatic rings. The maximum atomic E-state index is 13.5. The Morgan fingerprint density at radius 1 is 0.930 bits per heavy atom. The van der Waals surface area contributed by atoms with Crippen LogP contribution in [0.3, 0.4) is 0 Å². The summed E-state index contributed by atoms with van der Waals surface area (Å²) in [5, 5.41) is 10.3. The van der Waals surface area contributed by atoms with Gasteiger partial charge in [0.1, 0.15) is 5.75 Å². The molecule has 0 saturated carbocycles. The molecule has 1 N–H and O–H groups in total. The number of sulfonamides is 1. The Bertz CT molecular complexity index is 1840. The van der Waals surface area contributed by atoms with Crippen molar-refractivity contribution in [2.45, 2.75) is 24.7 Å². The van der Waals surface area contributed by atoms with Crippen LogP contribution in [0.5, 0.6) is 5.75 Å². The van der Waals surface area contributed by atoms with Crippen LogP contribution in [0.2, 0.25) is 0 Å². The summed E-state index contributed by atoms with van der Waals surface area (Å²) in [5.41, 5.74) is 5.46. The van der Waals surface area contributed by atoms with Gasteiger partial charge in [0.05, 0.1) is 21.7 Å². The van der Waals surface area contributed by atoms with Gasteiger partial charge in [-0.15, -0.1) is 0 Å². The van der Waals surface area contributed by atoms with E-state index in [-0.39, 0.29) is 42.7 Å². The van der Waals surface area contributed by atoms with Crippen LogP contribution in [0.1, 0.15) is 39.2 Å². The summed E-state index contributed by atoms with van der Waals surface area (Å²) in [6.07, 6.45) is 3.30. The number of nitrogens with zero attached hydrogens (tertiary/aromatic N) is 3. The van der Waals surface area contributed by atoms with Gasteiger partial charge in [0.25, 0.3) is 5.91 Å². The van der Waals surface area contributed by atoms with E-state index in [1.165, 1.54) is 9.21 Å². The van der Waals surface area contributed by atoms with E-state index in [4.69, 9.17) is 9.72 Å². The second-order valence-corrected chi connectivity index (χ2v) is 12.7. The minimum Gasteiger partial charge on any atom is -0.508 e. The zero-order valence-corrected chi connectivity index (χ0v) is 24.5. The molecule has 0 atom stereocenters. The first-order valence-electron chi connectivity index (χ1n) is 14.1. The van der Waals surface area contributed by atoms with Gasteiger partial charge in [0.2, 0.25) is 10.0 Å². The molecule has 0 radical (unpaired) electrons. The zero-order valence-electron chi connectivity index (χ0n) is 23.7. The first kappa shape index (κ1) is 28.6. The Morgan fingerprint density at radius 2 is 1.63 bits per heavy atom. The molecular formula is C33H31N3O6S. The topological polar surface area (TPSA) is 117 Å². The zero-order chi connectivity index (χ0) is 30.1. The number of aryl methyl sites for hydroxylation is 1. The molecule has 1 aliphatic heterocycles. The number of ether oxygens (including phenoxy) is 1. The molecule has 3 aromatic carbocycles. The number of hydrogen-bond acceptors (Lipinski definition) is 7. The number of esters is 1. The number of phenolic OH excluding ortho intramolecular Hbond substituents is 1. The van der Waals surface area contributed by atoms with Crippen molar-refractivity contribution in [1.29, 1.82) is 0 Å². The van der Waals surface area contributed by atoms with Crippen molar-refractivity contribution in [3.05, 3.63) is 101 Å². The summed E-state index contributed by atoms with van der Waals surface area (Å²) in [6, 6.07) is 21.0. The van der Waals surface area contributed by atoms with E-state index in [1.54, 1.807) is 36.4 Å². The van der Waals surface area contributed by atoms with Gasteiger partial charge < -0.3 is 14.7 Å². The number of piperazine rings is 1. The van der Waals surface area contributed by atoms with Crippen LogP contribution in [-0.4, -0.2) is 72.4 Å². The highest BCUT2D eigenvalue weighted by atomic mass is 32.2. The highest BCUT2D eigenvalue weighted by molar-refractivity contribution is 7.89. The Labute approximate surface area is 250 Å². The standard InChI is InChI=1S/C33H31N3O6S/c1-22-6-13-26(14-7-22)43(40,41)36-18-16-35(17-19-36)30(38)21-42-33(39)31-27-4-2-3-5-29(27)34-32-24(10-15-28(31)32)20-23-8-11-25(37)12-9-23/h2-9,11-14,20,37H,10,15-19,21H2,1H3/b24-20-. The van der Waals surface area contributed by atoms with Gasteiger partial charge in [0.15, 0.2) is 6.61 Å². The van der Waals surface area contributed by atoms with Crippen LogP contribution < -0.4 is 0 Å². The lowest BCUT2D eigenvalue weighted by molar-refractivity contribution is -0.135. The molecule has 1 amide bonds. The third-order valence-corrected chi connectivity index (χ3v) is 9.87. The number of fused-ring (bicyclic) bond motifs is 2. The highest BCUT2D eigenvalue weighted by Gasteiger charge is 2.31. The van der Waals surface area contributed by atoms with Gasteiger partial charge in [-0.1, -0.05) is 48.0 Å². The number of hydrogen-bond donors (Lipinski definition) is 1. The normalized spacial score (nSPS) is 16.4. The van der Waals surface area contributed by atoms with Gasteiger partial charge >= 0.3 is 5.97 Å². The maximum absolute atomic E-state index is 13.5. The molecule has 1 fully saturated rings. The SMILES string of the molecule is Cc1ccc(S(=O)(=O)N2CCN(C(=O)COC(=O)c3c4c(nc5ccccc35)/C(=C\c3ccc(O)cc3)CC4)CC2)cc1. The predicted octanol–water partition coefficient (Wildman–Crippen LogP) is 4.43. The van der Waals surface area contributed by atoms with E-state index >= 15 is 0 Å². The Hall–Kier alpha value is -4.54. The number of pyridine rings is 1. The van der Waals surface area contributed by atoms with Crippen LogP contribution in [0, 0.1) is 6.92 Å². The van der Waals surface area contributed by atoms with Gasteiger partial charge in [0, 0.05) is 31.6 Å². The molecule has 0 unspecified atom stereocenters. The second-order valence-electron chi connectivity index (χ2n) is 10.8. The van der Waals surface area contributed by atoms with Crippen LogP contribution >= 0.6 is 0 Å². The predicted molar refractivity (Wildman–Crippen MR) is 163 cm³/mol. The fourth-order valence-electron chi connectivity index (χ4n) is 5.61. The number of rotatable bonds is 6. The van der Waals surface area contributed by atoms with E-state index in [9.17, 15) is 23.1 Å². The Morgan fingerprint density at radius 3 is 2.35 bits per heavy atom. The van der Waals surface area contributed by atoms with E-state index in [0.717, 1.165) is 28.0 Å². The summed E-state index contributed by atoms with van der Waals surface area (Å²) < 4.78 is 33.0. The molecular weight excluding hydrogens is 566 g/mol. The highest BCUT2D eigenvalue weighted by Crippen LogP contribution is 2.38. The minimum atomic E-state index is -3.65. The van der Waals surface area contributed by atoms with Crippen LogP contribution in [0.15, 0.2) is 77.7 Å². The van der Waals surface area contributed by atoms with Crippen LogP contribution in [-0.2, 0) is 26.0 Å². The van der Waals surface area contributed by atoms with E-state index in [1.807, 2.05) is 49.4 Å². The first-order chi connectivity index (χ1) is 20.7. The lowest BCUT2D eigenvalue weighted by atomic mass is 10.0. The fourth-order valence-corrected chi connectivity index (χ4v) is 7.03. The molecule has 43 heavy (non-hydrogen) atoms. The van der Waals surface area contributed by atoms with Crippen molar-refractivity contribution in [2.75, 3.05) is 32.8 Å². The molecule has 1 aromatic heterocycles. The molecule has 0 bridgehead atoms. The smallest absolute Gasteiger partial charge is 0.339 e. The minimum absolute atomic E-state index is 0.161. The molecule has 220 valence electrons. The number of amides is 1. The van der Waals surface area contributed by atoms with Crippen molar-refractivity contribution in [1.82, 2.24) is 14.2 Å². The number of phenols is 1. The van der Waals surface area contributed by atoms with Crippen molar-refractivity contribution >= 4 is 44.5 Å². The van der Waals surface area contributed by atoms with Gasteiger partial charge in [-0.2, -0.15) is 4.31 Å². The van der Waals surface area contributed by atoms with E-state index < -0.39 is 22.6 Å². The summed E-state index contributed by atoms with van der Waals surface area (Å²) in [4.78, 5) is 33.2. The summed E-state index contributed by atoms with van der Waals surface area (Å²) >= 11 is 0.